The predicted octanol–water partition coefficient (Wildman–Crippen LogP) is 1.66. The van der Waals surface area contributed by atoms with Crippen molar-refractivity contribution in [1.29, 1.82) is 0 Å². The van der Waals surface area contributed by atoms with Gasteiger partial charge in [-0.25, -0.2) is 8.42 Å². The average Bonchev–Trinajstić information content (AvgIpc) is 3.22. The molecule has 0 spiro atoms. The van der Waals surface area contributed by atoms with Gasteiger partial charge in [-0.15, -0.1) is 16.6 Å². The van der Waals surface area contributed by atoms with Crippen molar-refractivity contribution < 1.29 is 13.2 Å². The highest BCUT2D eigenvalue weighted by atomic mass is 32.2. The number of fused-ring (bicyclic) bond motifs is 1. The van der Waals surface area contributed by atoms with Crippen molar-refractivity contribution in [2.24, 2.45) is 0 Å². The number of amides is 1. The third-order valence-corrected chi connectivity index (χ3v) is 6.61. The summed E-state index contributed by atoms with van der Waals surface area (Å²) in [7, 11) is -3.68. The number of pyridine rings is 1. The summed E-state index contributed by atoms with van der Waals surface area (Å²) in [6, 6.07) is 11.6. The molecule has 0 radical (unpaired) electrons. The lowest BCUT2D eigenvalue weighted by Gasteiger charge is -2.32. The van der Waals surface area contributed by atoms with Crippen LogP contribution < -0.4 is 4.72 Å². The summed E-state index contributed by atoms with van der Waals surface area (Å²) >= 11 is 0. The van der Waals surface area contributed by atoms with Crippen molar-refractivity contribution in [2.75, 3.05) is 19.6 Å². The second-order valence-corrected chi connectivity index (χ2v) is 8.90. The van der Waals surface area contributed by atoms with Crippen LogP contribution in [0.25, 0.3) is 5.65 Å². The van der Waals surface area contributed by atoms with Crippen LogP contribution in [0.1, 0.15) is 34.9 Å². The summed E-state index contributed by atoms with van der Waals surface area (Å²) in [5, 5.41) is 8.55. The number of nitrogens with one attached hydrogen (secondary N) is 1. The van der Waals surface area contributed by atoms with E-state index in [9.17, 15) is 13.2 Å². The van der Waals surface area contributed by atoms with Gasteiger partial charge < -0.3 is 4.90 Å². The molecule has 0 bridgehead atoms. The SMILES string of the molecule is C#CCNS(=O)(=O)c1ccc(C(=O)N2CCCC(c3nnc4ccccn34)C2)cc1. The van der Waals surface area contributed by atoms with Gasteiger partial charge >= 0.3 is 0 Å². The quantitative estimate of drug-likeness (QED) is 0.630. The number of terminal acetylenes is 1. The Hall–Kier alpha value is -3.22. The number of hydrogen-bond donors (Lipinski definition) is 1. The molecule has 1 amide bonds. The third kappa shape index (κ3) is 3.92. The zero-order valence-electron chi connectivity index (χ0n) is 16.2. The Balaban J connectivity index is 1.50. The molecule has 30 heavy (non-hydrogen) atoms. The van der Waals surface area contributed by atoms with E-state index in [1.807, 2.05) is 28.8 Å². The molecule has 2 aromatic heterocycles. The smallest absolute Gasteiger partial charge is 0.253 e. The number of piperidine rings is 1. The van der Waals surface area contributed by atoms with Crippen LogP contribution in [0.15, 0.2) is 53.6 Å². The Morgan fingerprint density at radius 3 is 2.77 bits per heavy atom. The molecule has 1 unspecified atom stereocenters. The van der Waals surface area contributed by atoms with Gasteiger partial charge in [0.2, 0.25) is 10.0 Å². The number of likely N-dealkylation sites (tertiary alicyclic amines) is 1. The van der Waals surface area contributed by atoms with Gasteiger partial charge in [-0.2, -0.15) is 4.72 Å². The Morgan fingerprint density at radius 1 is 1.20 bits per heavy atom. The number of sulfonamides is 1. The number of nitrogens with zero attached hydrogens (tertiary/aromatic N) is 4. The second kappa shape index (κ2) is 8.26. The highest BCUT2D eigenvalue weighted by Gasteiger charge is 2.28. The van der Waals surface area contributed by atoms with E-state index in [4.69, 9.17) is 6.42 Å². The van der Waals surface area contributed by atoms with E-state index in [1.165, 1.54) is 24.3 Å². The van der Waals surface area contributed by atoms with Crippen molar-refractivity contribution >= 4 is 21.6 Å². The normalized spacial score (nSPS) is 17.0. The molecule has 1 aromatic carbocycles. The molecule has 0 saturated carbocycles. The standard InChI is InChI=1S/C21H21N5O3S/c1-2-12-22-30(28,29)18-10-8-16(9-11-18)21(27)25-13-5-6-17(15-25)20-24-23-19-7-3-4-14-26(19)20/h1,3-4,7-11,14,17,22H,5-6,12-13,15H2. The molecule has 1 N–H and O–H groups in total. The van der Waals surface area contributed by atoms with Crippen molar-refractivity contribution in [3.8, 4) is 12.3 Å². The minimum atomic E-state index is -3.68. The molecule has 1 aliphatic heterocycles. The first-order valence-corrected chi connectivity index (χ1v) is 11.1. The summed E-state index contributed by atoms with van der Waals surface area (Å²) in [5.41, 5.74) is 1.23. The van der Waals surface area contributed by atoms with Crippen LogP contribution in [0.4, 0.5) is 0 Å². The molecular formula is C21H21N5O3S. The van der Waals surface area contributed by atoms with E-state index in [0.29, 0.717) is 18.7 Å². The molecular weight excluding hydrogens is 402 g/mol. The van der Waals surface area contributed by atoms with Gasteiger partial charge in [-0.1, -0.05) is 12.0 Å². The number of benzene rings is 1. The van der Waals surface area contributed by atoms with Crippen LogP contribution in [0.2, 0.25) is 0 Å². The second-order valence-electron chi connectivity index (χ2n) is 7.13. The molecule has 154 valence electrons. The molecule has 1 fully saturated rings. The number of carbonyl (C=O) groups is 1. The van der Waals surface area contributed by atoms with Gasteiger partial charge in [0.25, 0.3) is 5.91 Å². The van der Waals surface area contributed by atoms with Gasteiger partial charge in [0, 0.05) is 30.8 Å². The van der Waals surface area contributed by atoms with Crippen LogP contribution in [0, 0.1) is 12.3 Å². The first-order valence-electron chi connectivity index (χ1n) is 9.62. The van der Waals surface area contributed by atoms with Crippen LogP contribution in [-0.4, -0.2) is 53.5 Å². The summed E-state index contributed by atoms with van der Waals surface area (Å²) in [5.74, 6) is 3.04. The van der Waals surface area contributed by atoms with Crippen molar-refractivity contribution in [1.82, 2.24) is 24.2 Å². The van der Waals surface area contributed by atoms with Crippen LogP contribution in [0.3, 0.4) is 0 Å². The van der Waals surface area contributed by atoms with E-state index in [0.717, 1.165) is 24.3 Å². The molecule has 1 saturated heterocycles. The maximum Gasteiger partial charge on any atom is 0.253 e. The Kier molecular flexibility index (Phi) is 5.53. The first-order chi connectivity index (χ1) is 14.5. The Morgan fingerprint density at radius 2 is 2.00 bits per heavy atom. The highest BCUT2D eigenvalue weighted by molar-refractivity contribution is 7.89. The lowest BCUT2D eigenvalue weighted by Crippen LogP contribution is -2.39. The average molecular weight is 423 g/mol. The van der Waals surface area contributed by atoms with Crippen LogP contribution >= 0.6 is 0 Å². The monoisotopic (exact) mass is 423 g/mol. The zero-order valence-corrected chi connectivity index (χ0v) is 17.0. The molecule has 0 aliphatic carbocycles. The van der Waals surface area contributed by atoms with Crippen molar-refractivity contribution in [3.63, 3.8) is 0 Å². The molecule has 3 heterocycles. The lowest BCUT2D eigenvalue weighted by atomic mass is 9.96. The topological polar surface area (TPSA) is 96.7 Å². The molecule has 9 heteroatoms. The molecule has 4 rings (SSSR count). The van der Waals surface area contributed by atoms with Gasteiger partial charge in [-0.3, -0.25) is 9.20 Å². The van der Waals surface area contributed by atoms with Gasteiger partial charge in [0.05, 0.1) is 11.4 Å². The lowest BCUT2D eigenvalue weighted by molar-refractivity contribution is 0.0704. The summed E-state index contributed by atoms with van der Waals surface area (Å²) in [6.45, 7) is 1.10. The summed E-state index contributed by atoms with van der Waals surface area (Å²) in [6.07, 6.45) is 8.82. The van der Waals surface area contributed by atoms with E-state index in [1.54, 1.807) is 4.90 Å². The fourth-order valence-electron chi connectivity index (χ4n) is 3.69. The third-order valence-electron chi connectivity index (χ3n) is 5.19. The highest BCUT2D eigenvalue weighted by Crippen LogP contribution is 2.27. The van der Waals surface area contributed by atoms with Crippen molar-refractivity contribution in [3.05, 3.63) is 60.0 Å². The van der Waals surface area contributed by atoms with Crippen LogP contribution in [0.5, 0.6) is 0 Å². The number of carbonyl (C=O) groups excluding carboxylic acids is 1. The van der Waals surface area contributed by atoms with E-state index >= 15 is 0 Å². The zero-order chi connectivity index (χ0) is 21.1. The fourth-order valence-corrected chi connectivity index (χ4v) is 4.62. The van der Waals surface area contributed by atoms with E-state index in [-0.39, 0.29) is 23.3 Å². The minimum absolute atomic E-state index is 0.0701. The molecule has 1 atom stereocenters. The summed E-state index contributed by atoms with van der Waals surface area (Å²) in [4.78, 5) is 14.9. The van der Waals surface area contributed by atoms with Gasteiger partial charge in [-0.05, 0) is 49.2 Å². The number of aromatic nitrogens is 3. The Labute approximate surface area is 175 Å². The van der Waals surface area contributed by atoms with Gasteiger partial charge in [0.1, 0.15) is 5.82 Å². The largest absolute Gasteiger partial charge is 0.338 e. The minimum Gasteiger partial charge on any atom is -0.338 e. The Bertz CT molecular complexity index is 1210. The van der Waals surface area contributed by atoms with E-state index < -0.39 is 10.0 Å². The van der Waals surface area contributed by atoms with Crippen LogP contribution in [-0.2, 0) is 10.0 Å². The number of rotatable bonds is 5. The van der Waals surface area contributed by atoms with E-state index in [2.05, 4.69) is 20.8 Å². The molecule has 3 aromatic rings. The molecule has 8 nitrogen and oxygen atoms in total. The molecule has 1 aliphatic rings. The number of hydrogen-bond acceptors (Lipinski definition) is 5. The first kappa shape index (κ1) is 20.1. The van der Waals surface area contributed by atoms with Gasteiger partial charge in [0.15, 0.2) is 5.65 Å². The predicted molar refractivity (Wildman–Crippen MR) is 111 cm³/mol. The fraction of sp³-hybridized carbons (Fsp3) is 0.286. The summed E-state index contributed by atoms with van der Waals surface area (Å²) < 4.78 is 28.5. The maximum atomic E-state index is 13.0. The maximum absolute atomic E-state index is 13.0. The van der Waals surface area contributed by atoms with Crippen molar-refractivity contribution in [2.45, 2.75) is 23.7 Å².